The van der Waals surface area contributed by atoms with Gasteiger partial charge < -0.3 is 5.32 Å². The minimum absolute atomic E-state index is 0.536. The largest absolute Gasteiger partial charge is 0.382 e. The van der Waals surface area contributed by atoms with Gasteiger partial charge in [0.25, 0.3) is 0 Å². The molecule has 0 spiro atoms. The molecule has 1 aliphatic carbocycles. The van der Waals surface area contributed by atoms with Crippen LogP contribution in [0.25, 0.3) is 0 Å². The van der Waals surface area contributed by atoms with E-state index < -0.39 is 10.0 Å². The van der Waals surface area contributed by atoms with E-state index >= 15 is 0 Å². The van der Waals surface area contributed by atoms with E-state index in [1.807, 2.05) is 12.1 Å². The highest BCUT2D eigenvalue weighted by atomic mass is 32.2. The van der Waals surface area contributed by atoms with E-state index in [2.05, 4.69) is 23.9 Å². The average Bonchev–Trinajstić information content (AvgIpc) is 2.40. The number of sulfonamides is 1. The summed E-state index contributed by atoms with van der Waals surface area (Å²) in [5.74, 6) is 1.65. The van der Waals surface area contributed by atoms with E-state index in [4.69, 9.17) is 0 Å². The Bertz CT molecular complexity index is 544. The van der Waals surface area contributed by atoms with Crippen LogP contribution in [0.2, 0.25) is 0 Å². The Hall–Kier alpha value is -1.23. The first kappa shape index (κ1) is 16.1. The highest BCUT2D eigenvalue weighted by Crippen LogP contribution is 2.31. The van der Waals surface area contributed by atoms with E-state index in [-0.39, 0.29) is 0 Å². The SMILES string of the molecule is CC(C)C1CCC(Nc2ccc(NS(C)(=O)=O)cc2)CC1. The third-order valence-electron chi connectivity index (χ3n) is 4.27. The van der Waals surface area contributed by atoms with Crippen molar-refractivity contribution in [1.29, 1.82) is 0 Å². The summed E-state index contributed by atoms with van der Waals surface area (Å²) in [6.45, 7) is 4.62. The number of hydrogen-bond acceptors (Lipinski definition) is 3. The molecule has 1 aromatic rings. The number of rotatable bonds is 5. The summed E-state index contributed by atoms with van der Waals surface area (Å²) >= 11 is 0. The minimum Gasteiger partial charge on any atom is -0.382 e. The van der Waals surface area contributed by atoms with Crippen LogP contribution in [0.3, 0.4) is 0 Å². The number of benzene rings is 1. The molecule has 1 fully saturated rings. The average molecular weight is 310 g/mol. The van der Waals surface area contributed by atoms with Crippen molar-refractivity contribution in [3.8, 4) is 0 Å². The zero-order valence-electron chi connectivity index (χ0n) is 13.1. The van der Waals surface area contributed by atoms with Crippen molar-refractivity contribution in [2.75, 3.05) is 16.3 Å². The topological polar surface area (TPSA) is 58.2 Å². The van der Waals surface area contributed by atoms with Crippen molar-refractivity contribution < 1.29 is 8.42 Å². The quantitative estimate of drug-likeness (QED) is 0.872. The highest BCUT2D eigenvalue weighted by molar-refractivity contribution is 7.92. The monoisotopic (exact) mass is 310 g/mol. The molecule has 0 atom stereocenters. The summed E-state index contributed by atoms with van der Waals surface area (Å²) in [4.78, 5) is 0. The fraction of sp³-hybridized carbons (Fsp3) is 0.625. The van der Waals surface area contributed by atoms with Crippen LogP contribution in [0.5, 0.6) is 0 Å². The molecule has 0 bridgehead atoms. The van der Waals surface area contributed by atoms with E-state index in [0.717, 1.165) is 23.8 Å². The smallest absolute Gasteiger partial charge is 0.229 e. The predicted octanol–water partition coefficient (Wildman–Crippen LogP) is 3.68. The maximum Gasteiger partial charge on any atom is 0.229 e. The van der Waals surface area contributed by atoms with Gasteiger partial charge in [-0.15, -0.1) is 0 Å². The van der Waals surface area contributed by atoms with Gasteiger partial charge in [0.1, 0.15) is 0 Å². The summed E-state index contributed by atoms with van der Waals surface area (Å²) in [6.07, 6.45) is 6.18. The number of nitrogens with one attached hydrogen (secondary N) is 2. The first-order valence-corrected chi connectivity index (χ1v) is 9.57. The van der Waals surface area contributed by atoms with Crippen molar-refractivity contribution >= 4 is 21.4 Å². The molecule has 0 aliphatic heterocycles. The lowest BCUT2D eigenvalue weighted by atomic mass is 9.79. The first-order chi connectivity index (χ1) is 9.83. The maximum absolute atomic E-state index is 11.2. The summed E-state index contributed by atoms with van der Waals surface area (Å²) < 4.78 is 24.8. The molecule has 1 saturated carbocycles. The fourth-order valence-electron chi connectivity index (χ4n) is 3.01. The molecule has 1 aromatic carbocycles. The molecule has 0 radical (unpaired) electrons. The summed E-state index contributed by atoms with van der Waals surface area (Å²) in [7, 11) is -3.20. The number of anilines is 2. The van der Waals surface area contributed by atoms with Gasteiger partial charge >= 0.3 is 0 Å². The molecule has 2 N–H and O–H groups in total. The van der Waals surface area contributed by atoms with Crippen molar-refractivity contribution in [2.45, 2.75) is 45.6 Å². The first-order valence-electron chi connectivity index (χ1n) is 7.68. The lowest BCUT2D eigenvalue weighted by Crippen LogP contribution is -2.27. The molecule has 21 heavy (non-hydrogen) atoms. The van der Waals surface area contributed by atoms with Gasteiger partial charge in [0.05, 0.1) is 6.26 Å². The second-order valence-electron chi connectivity index (χ2n) is 6.45. The van der Waals surface area contributed by atoms with Gasteiger partial charge in [0.2, 0.25) is 10.0 Å². The van der Waals surface area contributed by atoms with Gasteiger partial charge in [-0.05, 0) is 61.8 Å². The fourth-order valence-corrected chi connectivity index (χ4v) is 3.58. The molecular weight excluding hydrogens is 284 g/mol. The molecule has 0 heterocycles. The molecule has 0 unspecified atom stereocenters. The van der Waals surface area contributed by atoms with Gasteiger partial charge in [-0.1, -0.05) is 13.8 Å². The molecule has 0 aromatic heterocycles. The molecule has 1 aliphatic rings. The van der Waals surface area contributed by atoms with Crippen LogP contribution in [0.4, 0.5) is 11.4 Å². The van der Waals surface area contributed by atoms with Crippen LogP contribution in [-0.4, -0.2) is 20.7 Å². The van der Waals surface area contributed by atoms with Gasteiger partial charge in [0, 0.05) is 17.4 Å². The van der Waals surface area contributed by atoms with Gasteiger partial charge in [-0.3, -0.25) is 4.72 Å². The predicted molar refractivity (Wildman–Crippen MR) is 89.1 cm³/mol. The second kappa shape index (κ2) is 6.69. The van der Waals surface area contributed by atoms with E-state index in [0.29, 0.717) is 11.7 Å². The molecule has 0 amide bonds. The van der Waals surface area contributed by atoms with Crippen molar-refractivity contribution in [1.82, 2.24) is 0 Å². The van der Waals surface area contributed by atoms with E-state index in [1.165, 1.54) is 25.7 Å². The molecule has 0 saturated heterocycles. The van der Waals surface area contributed by atoms with Crippen LogP contribution in [0.15, 0.2) is 24.3 Å². The maximum atomic E-state index is 11.2. The highest BCUT2D eigenvalue weighted by Gasteiger charge is 2.22. The van der Waals surface area contributed by atoms with E-state index in [9.17, 15) is 8.42 Å². The standard InChI is InChI=1S/C16H26N2O2S/c1-12(2)13-4-6-14(7-5-13)17-15-8-10-16(11-9-15)18-21(3,19)20/h8-14,17-18H,4-7H2,1-3H3. The van der Waals surface area contributed by atoms with Crippen molar-refractivity contribution in [3.05, 3.63) is 24.3 Å². The Morgan fingerprint density at radius 2 is 1.52 bits per heavy atom. The Labute approximate surface area is 128 Å². The number of hydrogen-bond donors (Lipinski definition) is 2. The molecule has 5 heteroatoms. The Morgan fingerprint density at radius 1 is 1.00 bits per heavy atom. The minimum atomic E-state index is -3.20. The van der Waals surface area contributed by atoms with Crippen LogP contribution >= 0.6 is 0 Å². The zero-order chi connectivity index (χ0) is 15.5. The van der Waals surface area contributed by atoms with Crippen LogP contribution in [0.1, 0.15) is 39.5 Å². The Kier molecular flexibility index (Phi) is 5.14. The molecule has 4 nitrogen and oxygen atoms in total. The van der Waals surface area contributed by atoms with Crippen molar-refractivity contribution in [3.63, 3.8) is 0 Å². The van der Waals surface area contributed by atoms with Gasteiger partial charge in [-0.2, -0.15) is 0 Å². The molecule has 2 rings (SSSR count). The van der Waals surface area contributed by atoms with Crippen LogP contribution in [0, 0.1) is 11.8 Å². The zero-order valence-corrected chi connectivity index (χ0v) is 13.9. The van der Waals surface area contributed by atoms with Crippen LogP contribution in [-0.2, 0) is 10.0 Å². The van der Waals surface area contributed by atoms with E-state index in [1.54, 1.807) is 12.1 Å². The second-order valence-corrected chi connectivity index (χ2v) is 8.20. The Balaban J connectivity index is 1.87. The summed E-state index contributed by atoms with van der Waals surface area (Å²) in [5, 5.41) is 3.55. The molecular formula is C16H26N2O2S. The van der Waals surface area contributed by atoms with Gasteiger partial charge in [-0.25, -0.2) is 8.42 Å². The summed E-state index contributed by atoms with van der Waals surface area (Å²) in [5.41, 5.74) is 1.66. The lowest BCUT2D eigenvalue weighted by molar-refractivity contribution is 0.267. The molecule has 118 valence electrons. The van der Waals surface area contributed by atoms with Crippen LogP contribution < -0.4 is 10.0 Å². The lowest BCUT2D eigenvalue weighted by Gasteiger charge is -2.31. The third kappa shape index (κ3) is 5.23. The summed E-state index contributed by atoms with van der Waals surface area (Å²) in [6, 6.07) is 7.99. The van der Waals surface area contributed by atoms with Gasteiger partial charge in [0.15, 0.2) is 0 Å². The third-order valence-corrected chi connectivity index (χ3v) is 4.88. The normalized spacial score (nSPS) is 23.0. The van der Waals surface area contributed by atoms with Crippen molar-refractivity contribution in [2.24, 2.45) is 11.8 Å². The Morgan fingerprint density at radius 3 is 2.00 bits per heavy atom.